The molecule has 27 heavy (non-hydrogen) atoms. The number of hydrogen-bond acceptors (Lipinski definition) is 5. The highest BCUT2D eigenvalue weighted by molar-refractivity contribution is 7.17. The number of rotatable bonds is 4. The van der Waals surface area contributed by atoms with Crippen LogP contribution in [0.4, 0.5) is 5.00 Å². The van der Waals surface area contributed by atoms with E-state index in [-0.39, 0.29) is 17.5 Å². The first-order valence-corrected chi connectivity index (χ1v) is 9.75. The van der Waals surface area contributed by atoms with Gasteiger partial charge in [-0.05, 0) is 45.2 Å². The Morgan fingerprint density at radius 2 is 2.00 bits per heavy atom. The minimum absolute atomic E-state index is 0.231. The molecule has 2 aromatic rings. The summed E-state index contributed by atoms with van der Waals surface area (Å²) in [7, 11) is 0. The largest absolute Gasteiger partial charge is 0.365 e. The van der Waals surface area contributed by atoms with E-state index in [1.165, 1.54) is 11.3 Å². The predicted octanol–water partition coefficient (Wildman–Crippen LogP) is 3.53. The average molecular weight is 391 g/mol. The summed E-state index contributed by atoms with van der Waals surface area (Å²) in [5.74, 6) is -0.701. The molecule has 0 radical (unpaired) electrons. The summed E-state index contributed by atoms with van der Waals surface area (Å²) in [6, 6.07) is 1.72. The van der Waals surface area contributed by atoms with Gasteiger partial charge in [-0.25, -0.2) is 0 Å². The topological polar surface area (TPSA) is 110 Å². The fourth-order valence-electron chi connectivity index (χ4n) is 3.58. The Morgan fingerprint density at radius 1 is 1.33 bits per heavy atom. The van der Waals surface area contributed by atoms with Gasteiger partial charge in [0.1, 0.15) is 5.00 Å². The summed E-state index contributed by atoms with van der Waals surface area (Å²) < 4.78 is 6.18. The second-order valence-electron chi connectivity index (χ2n) is 8.34. The average Bonchev–Trinajstić information content (AvgIpc) is 3.10. The maximum atomic E-state index is 12.7. The number of nitrogens with two attached hydrogens (primary N) is 1. The first kappa shape index (κ1) is 19.6. The number of hydrogen-bond donors (Lipinski definition) is 3. The molecule has 0 saturated heterocycles. The predicted molar refractivity (Wildman–Crippen MR) is 105 cm³/mol. The lowest BCUT2D eigenvalue weighted by Crippen LogP contribution is -2.42. The van der Waals surface area contributed by atoms with Gasteiger partial charge in [0.2, 0.25) is 0 Å². The lowest BCUT2D eigenvalue weighted by atomic mass is 9.86. The summed E-state index contributed by atoms with van der Waals surface area (Å²) in [5.41, 5.74) is 7.03. The smallest absolute Gasteiger partial charge is 0.276 e. The molecule has 0 atom stereocenters. The van der Waals surface area contributed by atoms with E-state index >= 15 is 0 Å². The van der Waals surface area contributed by atoms with Gasteiger partial charge in [-0.15, -0.1) is 11.3 Å². The Hall–Kier alpha value is -2.19. The van der Waals surface area contributed by atoms with Gasteiger partial charge in [0.15, 0.2) is 5.69 Å². The van der Waals surface area contributed by atoms with Crippen molar-refractivity contribution in [1.29, 1.82) is 0 Å². The van der Waals surface area contributed by atoms with E-state index in [0.29, 0.717) is 17.0 Å². The van der Waals surface area contributed by atoms with Crippen LogP contribution in [0.1, 0.15) is 84.4 Å². The molecule has 4 N–H and O–H groups in total. The molecule has 1 aliphatic heterocycles. The van der Waals surface area contributed by atoms with Gasteiger partial charge in [0, 0.05) is 17.0 Å². The van der Waals surface area contributed by atoms with Crippen LogP contribution in [0.25, 0.3) is 0 Å². The number of primary amides is 1. The van der Waals surface area contributed by atoms with Crippen LogP contribution in [0.3, 0.4) is 0 Å². The van der Waals surface area contributed by atoms with Crippen LogP contribution in [-0.4, -0.2) is 27.6 Å². The van der Waals surface area contributed by atoms with Crippen LogP contribution in [-0.2, 0) is 16.8 Å². The molecule has 0 aliphatic carbocycles. The number of aromatic amines is 1. The molecule has 2 amide bonds. The Labute approximate surface area is 162 Å². The SMILES string of the molecule is CC(C)c1cc(C(=O)Nc2sc3c(c2C(N)=O)CC(C)(C)OC3(C)C)n[nH]1. The van der Waals surface area contributed by atoms with E-state index in [9.17, 15) is 9.59 Å². The normalized spacial score (nSPS) is 17.6. The summed E-state index contributed by atoms with van der Waals surface area (Å²) in [4.78, 5) is 25.8. The van der Waals surface area contributed by atoms with E-state index in [1.807, 2.05) is 41.5 Å². The summed E-state index contributed by atoms with van der Waals surface area (Å²) in [6.45, 7) is 11.9. The number of H-pyrrole nitrogens is 1. The summed E-state index contributed by atoms with van der Waals surface area (Å²) in [5, 5.41) is 10.2. The van der Waals surface area contributed by atoms with Gasteiger partial charge < -0.3 is 15.8 Å². The second kappa shape index (κ2) is 6.45. The van der Waals surface area contributed by atoms with Crippen molar-refractivity contribution in [3.05, 3.63) is 33.5 Å². The number of amides is 2. The molecular weight excluding hydrogens is 364 g/mol. The minimum atomic E-state index is -0.577. The van der Waals surface area contributed by atoms with Crippen molar-refractivity contribution in [2.75, 3.05) is 5.32 Å². The molecule has 0 saturated carbocycles. The van der Waals surface area contributed by atoms with Crippen LogP contribution >= 0.6 is 11.3 Å². The van der Waals surface area contributed by atoms with Crippen LogP contribution in [0.2, 0.25) is 0 Å². The van der Waals surface area contributed by atoms with Gasteiger partial charge >= 0.3 is 0 Å². The first-order chi connectivity index (χ1) is 12.4. The number of carbonyl (C=O) groups excluding carboxylic acids is 2. The monoisotopic (exact) mass is 390 g/mol. The molecule has 0 spiro atoms. The standard InChI is InChI=1S/C19H26N4O3S/c1-9(2)11-7-12(23-22-11)16(25)21-17-13(15(20)24)10-8-18(3,4)26-19(5,6)14(10)27-17/h7,9H,8H2,1-6H3,(H2,20,24)(H,21,25)(H,22,23). The fourth-order valence-corrected chi connectivity index (χ4v) is 4.84. The second-order valence-corrected chi connectivity index (χ2v) is 9.36. The molecule has 2 aromatic heterocycles. The van der Waals surface area contributed by atoms with Crippen LogP contribution in [0.15, 0.2) is 6.07 Å². The zero-order valence-corrected chi connectivity index (χ0v) is 17.3. The van der Waals surface area contributed by atoms with E-state index in [4.69, 9.17) is 10.5 Å². The molecule has 3 rings (SSSR count). The molecule has 8 heteroatoms. The molecule has 7 nitrogen and oxygen atoms in total. The van der Waals surface area contributed by atoms with Crippen LogP contribution in [0, 0.1) is 0 Å². The fraction of sp³-hybridized carbons (Fsp3) is 0.526. The molecular formula is C19H26N4O3S. The van der Waals surface area contributed by atoms with Crippen molar-refractivity contribution >= 4 is 28.2 Å². The molecule has 3 heterocycles. The Kier molecular flexibility index (Phi) is 4.68. The van der Waals surface area contributed by atoms with E-state index in [0.717, 1.165) is 16.1 Å². The zero-order valence-electron chi connectivity index (χ0n) is 16.5. The highest BCUT2D eigenvalue weighted by atomic mass is 32.1. The number of aromatic nitrogens is 2. The number of fused-ring (bicyclic) bond motifs is 1. The third-order valence-electron chi connectivity index (χ3n) is 4.61. The van der Waals surface area contributed by atoms with Gasteiger partial charge in [-0.2, -0.15) is 5.10 Å². The summed E-state index contributed by atoms with van der Waals surface area (Å²) >= 11 is 1.34. The third-order valence-corrected chi connectivity index (χ3v) is 6.07. The summed E-state index contributed by atoms with van der Waals surface area (Å²) in [6.07, 6.45) is 0.552. The molecule has 0 aromatic carbocycles. The maximum Gasteiger partial charge on any atom is 0.276 e. The number of anilines is 1. The highest BCUT2D eigenvalue weighted by Crippen LogP contribution is 2.48. The Balaban J connectivity index is 2.00. The maximum absolute atomic E-state index is 12.7. The van der Waals surface area contributed by atoms with Crippen LogP contribution < -0.4 is 11.1 Å². The number of carbonyl (C=O) groups is 2. The van der Waals surface area contributed by atoms with Gasteiger partial charge in [-0.3, -0.25) is 14.7 Å². The quantitative estimate of drug-likeness (QED) is 0.741. The highest BCUT2D eigenvalue weighted by Gasteiger charge is 2.43. The van der Waals surface area contributed by atoms with Crippen molar-refractivity contribution in [3.8, 4) is 0 Å². The van der Waals surface area contributed by atoms with Crippen LogP contribution in [0.5, 0.6) is 0 Å². The van der Waals surface area contributed by atoms with Crippen molar-refractivity contribution < 1.29 is 14.3 Å². The number of nitrogens with zero attached hydrogens (tertiary/aromatic N) is 1. The number of ether oxygens (including phenoxy) is 1. The lowest BCUT2D eigenvalue weighted by molar-refractivity contribution is -0.135. The Bertz CT molecular complexity index is 908. The number of thiophene rings is 1. The molecule has 0 fully saturated rings. The zero-order chi connectivity index (χ0) is 20.1. The van der Waals surface area contributed by atoms with E-state index < -0.39 is 17.1 Å². The van der Waals surface area contributed by atoms with Gasteiger partial charge in [0.25, 0.3) is 11.8 Å². The van der Waals surface area contributed by atoms with Gasteiger partial charge in [0.05, 0.1) is 16.8 Å². The molecule has 1 aliphatic rings. The Morgan fingerprint density at radius 3 is 2.56 bits per heavy atom. The molecule has 146 valence electrons. The molecule has 0 bridgehead atoms. The first-order valence-electron chi connectivity index (χ1n) is 8.94. The third kappa shape index (κ3) is 3.64. The van der Waals surface area contributed by atoms with Gasteiger partial charge in [-0.1, -0.05) is 13.8 Å². The number of nitrogens with one attached hydrogen (secondary N) is 2. The molecule has 0 unspecified atom stereocenters. The van der Waals surface area contributed by atoms with Crippen molar-refractivity contribution in [2.24, 2.45) is 5.73 Å². The lowest BCUT2D eigenvalue weighted by Gasteiger charge is -2.41. The van der Waals surface area contributed by atoms with Crippen molar-refractivity contribution in [2.45, 2.75) is 65.1 Å². The van der Waals surface area contributed by atoms with E-state index in [1.54, 1.807) is 6.07 Å². The van der Waals surface area contributed by atoms with E-state index in [2.05, 4.69) is 15.5 Å². The minimum Gasteiger partial charge on any atom is -0.365 e. The van der Waals surface area contributed by atoms with Crippen molar-refractivity contribution in [1.82, 2.24) is 10.2 Å². The van der Waals surface area contributed by atoms with Crippen molar-refractivity contribution in [3.63, 3.8) is 0 Å².